The first kappa shape index (κ1) is 25.2. The minimum atomic E-state index is -4.79. The molecule has 0 atom stereocenters. The number of hydrogen-bond acceptors (Lipinski definition) is 4. The maximum Gasteiger partial charge on any atom is 0.573 e. The van der Waals surface area contributed by atoms with E-state index in [0.717, 1.165) is 31.4 Å². The van der Waals surface area contributed by atoms with E-state index in [4.69, 9.17) is 0 Å². The Morgan fingerprint density at radius 3 is 2.47 bits per heavy atom. The lowest BCUT2D eigenvalue weighted by Gasteiger charge is -2.10. The average Bonchev–Trinajstić information content (AvgIpc) is 3.42. The number of aryl methyl sites for hydroxylation is 1. The third kappa shape index (κ3) is 7.84. The van der Waals surface area contributed by atoms with Crippen LogP contribution in [0.15, 0.2) is 54.0 Å². The summed E-state index contributed by atoms with van der Waals surface area (Å²) in [6.07, 6.45) is -0.564. The molecule has 0 spiro atoms. The molecule has 0 unspecified atom stereocenters. The molecule has 0 aliphatic rings. The zero-order valence-corrected chi connectivity index (χ0v) is 19.3. The Morgan fingerprint density at radius 1 is 1.09 bits per heavy atom. The molecule has 0 saturated heterocycles. The molecular formula is C23H25F3N4O3S. The number of urea groups is 1. The van der Waals surface area contributed by atoms with Crippen molar-refractivity contribution >= 4 is 34.6 Å². The molecule has 0 aliphatic heterocycles. The van der Waals surface area contributed by atoms with Crippen molar-refractivity contribution in [3.05, 3.63) is 64.6 Å². The Kier molecular flexibility index (Phi) is 8.58. The summed E-state index contributed by atoms with van der Waals surface area (Å²) in [4.78, 5) is 26.3. The van der Waals surface area contributed by atoms with Crippen molar-refractivity contribution in [2.45, 2.75) is 39.1 Å². The Labute approximate surface area is 198 Å². The molecule has 0 bridgehead atoms. The number of anilines is 2. The highest BCUT2D eigenvalue weighted by Gasteiger charge is 2.31. The molecule has 0 radical (unpaired) electrons. The van der Waals surface area contributed by atoms with Gasteiger partial charge in [-0.2, -0.15) is 0 Å². The van der Waals surface area contributed by atoms with Crippen molar-refractivity contribution in [3.63, 3.8) is 0 Å². The number of benzene rings is 1. The Morgan fingerprint density at radius 2 is 1.82 bits per heavy atom. The molecule has 2 aromatic heterocycles. The minimum Gasteiger partial charge on any atom is -0.406 e. The SMILES string of the molecule is CCCCn1cc(NC(=O)Nc2ccc(OC(F)(F)F)cc2)cc1C(=O)NCCc1cccs1. The predicted molar refractivity (Wildman–Crippen MR) is 125 cm³/mol. The topological polar surface area (TPSA) is 84.4 Å². The fourth-order valence-electron chi connectivity index (χ4n) is 3.16. The molecule has 182 valence electrons. The van der Waals surface area contributed by atoms with Gasteiger partial charge in [0.1, 0.15) is 11.4 Å². The standard InChI is InChI=1S/C23H25F3N4O3S/c1-2-3-12-30-15-17(14-20(30)21(31)27-11-10-19-5-4-13-34-19)29-22(32)28-16-6-8-18(9-7-16)33-23(24,25)26/h4-9,13-15H,2-3,10-12H2,1H3,(H,27,31)(H2,28,29,32). The van der Waals surface area contributed by atoms with Crippen LogP contribution < -0.4 is 20.7 Å². The number of halogens is 3. The first-order valence-electron chi connectivity index (χ1n) is 10.7. The molecule has 3 aromatic rings. The molecule has 3 N–H and O–H groups in total. The number of unbranched alkanes of at least 4 members (excludes halogenated alkanes) is 1. The maximum atomic E-state index is 12.7. The Hall–Kier alpha value is -3.47. The lowest BCUT2D eigenvalue weighted by molar-refractivity contribution is -0.274. The highest BCUT2D eigenvalue weighted by molar-refractivity contribution is 7.09. The molecule has 3 amide bonds. The van der Waals surface area contributed by atoms with Gasteiger partial charge in [-0.1, -0.05) is 19.4 Å². The summed E-state index contributed by atoms with van der Waals surface area (Å²) in [6.45, 7) is 3.16. The molecule has 11 heteroatoms. The number of carbonyl (C=O) groups excluding carboxylic acids is 2. The molecule has 0 aliphatic carbocycles. The van der Waals surface area contributed by atoms with Crippen LogP contribution in [0.4, 0.5) is 29.3 Å². The van der Waals surface area contributed by atoms with Gasteiger partial charge in [-0.3, -0.25) is 4.79 Å². The fraction of sp³-hybridized carbons (Fsp3) is 0.304. The monoisotopic (exact) mass is 494 g/mol. The average molecular weight is 495 g/mol. The van der Waals surface area contributed by atoms with Gasteiger partial charge >= 0.3 is 12.4 Å². The number of carbonyl (C=O) groups is 2. The molecule has 0 fully saturated rings. The number of thiophene rings is 1. The predicted octanol–water partition coefficient (Wildman–Crippen LogP) is 5.86. The van der Waals surface area contributed by atoms with Crippen molar-refractivity contribution in [3.8, 4) is 5.75 Å². The van der Waals surface area contributed by atoms with E-state index in [1.54, 1.807) is 28.2 Å². The van der Waals surface area contributed by atoms with Crippen LogP contribution in [0, 0.1) is 0 Å². The van der Waals surface area contributed by atoms with Crippen molar-refractivity contribution in [1.29, 1.82) is 0 Å². The van der Waals surface area contributed by atoms with E-state index < -0.39 is 12.4 Å². The summed E-state index contributed by atoms with van der Waals surface area (Å²) in [5, 5.41) is 10.1. The van der Waals surface area contributed by atoms with E-state index in [9.17, 15) is 22.8 Å². The number of ether oxygens (including phenoxy) is 1. The zero-order valence-electron chi connectivity index (χ0n) is 18.4. The van der Waals surface area contributed by atoms with Crippen LogP contribution in [0.5, 0.6) is 5.75 Å². The van der Waals surface area contributed by atoms with E-state index in [2.05, 4.69) is 20.7 Å². The van der Waals surface area contributed by atoms with Crippen molar-refractivity contribution < 1.29 is 27.5 Å². The van der Waals surface area contributed by atoms with Crippen LogP contribution in [-0.2, 0) is 13.0 Å². The molecule has 3 rings (SSSR count). The fourth-order valence-corrected chi connectivity index (χ4v) is 3.87. The first-order valence-corrected chi connectivity index (χ1v) is 11.6. The number of amides is 3. The number of hydrogen-bond donors (Lipinski definition) is 3. The highest BCUT2D eigenvalue weighted by atomic mass is 32.1. The van der Waals surface area contributed by atoms with Gasteiger partial charge in [-0.05, 0) is 54.6 Å². The van der Waals surface area contributed by atoms with Crippen LogP contribution in [0.25, 0.3) is 0 Å². The van der Waals surface area contributed by atoms with E-state index >= 15 is 0 Å². The quantitative estimate of drug-likeness (QED) is 0.330. The number of aromatic nitrogens is 1. The molecule has 7 nitrogen and oxygen atoms in total. The van der Waals surface area contributed by atoms with Gasteiger partial charge in [-0.25, -0.2) is 4.79 Å². The number of alkyl halides is 3. The van der Waals surface area contributed by atoms with E-state index in [-0.39, 0.29) is 17.3 Å². The summed E-state index contributed by atoms with van der Waals surface area (Å²) in [5.74, 6) is -0.623. The molecule has 1 aromatic carbocycles. The Balaban J connectivity index is 1.60. The van der Waals surface area contributed by atoms with Crippen LogP contribution in [0.1, 0.15) is 35.1 Å². The number of nitrogens with one attached hydrogen (secondary N) is 3. The smallest absolute Gasteiger partial charge is 0.406 e. The van der Waals surface area contributed by atoms with Gasteiger partial charge in [0.2, 0.25) is 0 Å². The van der Waals surface area contributed by atoms with E-state index in [0.29, 0.717) is 24.5 Å². The normalized spacial score (nSPS) is 11.2. The summed E-state index contributed by atoms with van der Waals surface area (Å²) in [5.41, 5.74) is 1.14. The van der Waals surface area contributed by atoms with Gasteiger partial charge < -0.3 is 25.3 Å². The van der Waals surface area contributed by atoms with Crippen molar-refractivity contribution in [2.24, 2.45) is 0 Å². The van der Waals surface area contributed by atoms with Crippen LogP contribution >= 0.6 is 11.3 Å². The Bertz CT molecular complexity index is 1080. The highest BCUT2D eigenvalue weighted by Crippen LogP contribution is 2.24. The van der Waals surface area contributed by atoms with Crippen molar-refractivity contribution in [2.75, 3.05) is 17.2 Å². The molecule has 0 saturated carbocycles. The number of nitrogens with zero attached hydrogens (tertiary/aromatic N) is 1. The van der Waals surface area contributed by atoms with E-state index in [1.807, 2.05) is 24.4 Å². The second kappa shape index (κ2) is 11.6. The first-order chi connectivity index (χ1) is 16.2. The third-order valence-corrected chi connectivity index (χ3v) is 5.66. The van der Waals surface area contributed by atoms with Gasteiger partial charge in [0.05, 0.1) is 5.69 Å². The van der Waals surface area contributed by atoms with Gasteiger partial charge in [0.25, 0.3) is 5.91 Å². The lowest BCUT2D eigenvalue weighted by atomic mass is 10.3. The summed E-state index contributed by atoms with van der Waals surface area (Å²) < 4.78 is 42.4. The minimum absolute atomic E-state index is 0.235. The van der Waals surface area contributed by atoms with Crippen LogP contribution in [0.2, 0.25) is 0 Å². The third-order valence-electron chi connectivity index (χ3n) is 4.72. The molecular weight excluding hydrogens is 469 g/mol. The molecule has 34 heavy (non-hydrogen) atoms. The second-order valence-electron chi connectivity index (χ2n) is 7.40. The summed E-state index contributed by atoms with van der Waals surface area (Å²) in [7, 11) is 0. The number of rotatable bonds is 10. The molecule has 2 heterocycles. The van der Waals surface area contributed by atoms with E-state index in [1.165, 1.54) is 17.0 Å². The largest absolute Gasteiger partial charge is 0.573 e. The maximum absolute atomic E-state index is 12.7. The van der Waals surface area contributed by atoms with Crippen molar-refractivity contribution in [1.82, 2.24) is 9.88 Å². The van der Waals surface area contributed by atoms with Crippen LogP contribution in [0.3, 0.4) is 0 Å². The zero-order chi connectivity index (χ0) is 24.6. The second-order valence-corrected chi connectivity index (χ2v) is 8.43. The van der Waals surface area contributed by atoms with Crippen LogP contribution in [-0.4, -0.2) is 29.4 Å². The van der Waals surface area contributed by atoms with Gasteiger partial charge in [0.15, 0.2) is 0 Å². The lowest BCUT2D eigenvalue weighted by Crippen LogP contribution is -2.27. The summed E-state index contributed by atoms with van der Waals surface area (Å²) >= 11 is 1.63. The van der Waals surface area contributed by atoms with Gasteiger partial charge in [0, 0.05) is 29.9 Å². The van der Waals surface area contributed by atoms with Gasteiger partial charge in [-0.15, -0.1) is 24.5 Å². The summed E-state index contributed by atoms with van der Waals surface area (Å²) in [6, 6.07) is 9.76.